The average molecular weight is 401 g/mol. The lowest BCUT2D eigenvalue weighted by molar-refractivity contribution is -0.986. The van der Waals surface area contributed by atoms with Crippen molar-refractivity contribution in [1.82, 2.24) is 0 Å². The van der Waals surface area contributed by atoms with E-state index < -0.39 is 0 Å². The minimum Gasteiger partial charge on any atom is -1.00 e. The quantitative estimate of drug-likeness (QED) is 0.499. The Bertz CT molecular complexity index is 582. The Morgan fingerprint density at radius 2 is 1.73 bits per heavy atom. The summed E-state index contributed by atoms with van der Waals surface area (Å²) in [5, 5.41) is 0. The van der Waals surface area contributed by atoms with Crippen molar-refractivity contribution in [3.05, 3.63) is 35.9 Å². The number of ketones is 1. The van der Waals surface area contributed by atoms with Crippen molar-refractivity contribution in [2.75, 3.05) is 39.8 Å². The van der Waals surface area contributed by atoms with Crippen LogP contribution < -0.4 is 39.4 Å². The number of halogens is 2. The van der Waals surface area contributed by atoms with Crippen LogP contribution in [0.15, 0.2) is 35.9 Å². The monoisotopic (exact) mass is 400 g/mol. The summed E-state index contributed by atoms with van der Waals surface area (Å²) in [6, 6.07) is 8.41. The van der Waals surface area contributed by atoms with Crippen LogP contribution in [0.2, 0.25) is 0 Å². The van der Waals surface area contributed by atoms with Crippen molar-refractivity contribution in [1.29, 1.82) is 0 Å². The molecule has 0 radical (unpaired) electrons. The molecule has 6 heteroatoms. The Kier molecular flexibility index (Phi) is 10.3. The molecule has 1 aliphatic carbocycles. The van der Waals surface area contributed by atoms with E-state index in [0.29, 0.717) is 5.78 Å². The van der Waals surface area contributed by atoms with Crippen molar-refractivity contribution in [2.45, 2.75) is 32.1 Å². The van der Waals surface area contributed by atoms with Gasteiger partial charge in [-0.25, -0.2) is 0 Å². The normalized spacial score (nSPS) is 22.4. The molecule has 0 saturated carbocycles. The van der Waals surface area contributed by atoms with Gasteiger partial charge in [0.1, 0.15) is 37.6 Å². The lowest BCUT2D eigenvalue weighted by atomic mass is 9.95. The zero-order chi connectivity index (χ0) is 16.8. The van der Waals surface area contributed by atoms with Crippen LogP contribution in [-0.4, -0.2) is 45.6 Å². The highest BCUT2D eigenvalue weighted by Crippen LogP contribution is 2.18. The molecular weight excluding hydrogens is 371 g/mol. The summed E-state index contributed by atoms with van der Waals surface area (Å²) in [4.78, 5) is 15.4. The van der Waals surface area contributed by atoms with Gasteiger partial charge in [-0.05, 0) is 43.4 Å². The smallest absolute Gasteiger partial charge is 0.164 e. The van der Waals surface area contributed by atoms with Gasteiger partial charge >= 0.3 is 0 Å². The van der Waals surface area contributed by atoms with Crippen LogP contribution in [0.25, 0.3) is 0 Å². The van der Waals surface area contributed by atoms with Crippen molar-refractivity contribution >= 4 is 11.5 Å². The Hall–Kier alpha value is -1.07. The third kappa shape index (κ3) is 6.27. The molecule has 1 saturated heterocycles. The number of quaternary nitrogens is 2. The first-order valence-corrected chi connectivity index (χ1v) is 9.31. The third-order valence-corrected chi connectivity index (χ3v) is 5.41. The molecule has 146 valence electrons. The van der Waals surface area contributed by atoms with Gasteiger partial charge in [-0.2, -0.15) is 0 Å². The number of hydrogen-bond acceptors (Lipinski definition) is 2. The van der Waals surface area contributed by atoms with E-state index in [1.54, 1.807) is 16.9 Å². The number of allylic oxidation sites excluding steroid dienone is 2. The Morgan fingerprint density at radius 3 is 2.31 bits per heavy atom. The number of hydrogen-bond donors (Lipinski definition) is 2. The summed E-state index contributed by atoms with van der Waals surface area (Å²) >= 11 is 0. The summed E-state index contributed by atoms with van der Waals surface area (Å²) < 4.78 is 5.23. The molecule has 0 atom stereocenters. The topological polar surface area (TPSA) is 35.2 Å². The molecule has 0 bridgehead atoms. The van der Waals surface area contributed by atoms with Crippen LogP contribution in [0.1, 0.15) is 32.1 Å². The van der Waals surface area contributed by atoms with E-state index in [1.807, 2.05) is 12.1 Å². The second kappa shape index (κ2) is 11.6. The van der Waals surface area contributed by atoms with Gasteiger partial charge in [0.2, 0.25) is 0 Å². The first kappa shape index (κ1) is 23.0. The Labute approximate surface area is 169 Å². The fourth-order valence-electron chi connectivity index (χ4n) is 3.81. The van der Waals surface area contributed by atoms with Crippen LogP contribution in [0.3, 0.4) is 0 Å². The summed E-state index contributed by atoms with van der Waals surface area (Å²) in [5.74, 6) is 1.31. The molecule has 1 aromatic carbocycles. The maximum Gasteiger partial charge on any atom is 0.164 e. The minimum atomic E-state index is 0. The third-order valence-electron chi connectivity index (χ3n) is 5.41. The highest BCUT2D eigenvalue weighted by molar-refractivity contribution is 5.95. The van der Waals surface area contributed by atoms with Gasteiger partial charge in [-0.15, -0.1) is 0 Å². The number of ether oxygens (including phenoxy) is 1. The van der Waals surface area contributed by atoms with Crippen molar-refractivity contribution < 1.29 is 44.1 Å². The SMILES string of the molecule is COc1ccc([NH+]2CC[NH+](CCC(=O)C3=CCCCC3)CC2)cc1.[Cl-].[Cl-]. The predicted molar refractivity (Wildman–Crippen MR) is 95.1 cm³/mol. The van der Waals surface area contributed by atoms with E-state index in [1.165, 1.54) is 18.5 Å². The van der Waals surface area contributed by atoms with E-state index in [4.69, 9.17) is 4.74 Å². The zero-order valence-corrected chi connectivity index (χ0v) is 17.0. The van der Waals surface area contributed by atoms with Gasteiger partial charge in [-0.1, -0.05) is 6.08 Å². The minimum absolute atomic E-state index is 0. The van der Waals surface area contributed by atoms with Crippen molar-refractivity contribution in [3.63, 3.8) is 0 Å². The second-order valence-corrected chi connectivity index (χ2v) is 6.98. The predicted octanol–water partition coefficient (Wildman–Crippen LogP) is -5.42. The van der Waals surface area contributed by atoms with E-state index in [-0.39, 0.29) is 24.8 Å². The lowest BCUT2D eigenvalue weighted by Crippen LogP contribution is -3.26. The van der Waals surface area contributed by atoms with Crippen LogP contribution >= 0.6 is 0 Å². The fraction of sp³-hybridized carbons (Fsp3) is 0.550. The second-order valence-electron chi connectivity index (χ2n) is 6.98. The van der Waals surface area contributed by atoms with Crippen molar-refractivity contribution in [2.24, 2.45) is 0 Å². The maximum absolute atomic E-state index is 12.3. The van der Waals surface area contributed by atoms with Gasteiger partial charge in [0.05, 0.1) is 20.1 Å². The first-order valence-electron chi connectivity index (χ1n) is 9.31. The molecule has 2 N–H and O–H groups in total. The zero-order valence-electron chi connectivity index (χ0n) is 15.5. The lowest BCUT2D eigenvalue weighted by Gasteiger charge is -2.29. The highest BCUT2D eigenvalue weighted by atomic mass is 35.5. The van der Waals surface area contributed by atoms with Gasteiger partial charge in [0.25, 0.3) is 0 Å². The number of methoxy groups -OCH3 is 1. The molecule has 0 aromatic heterocycles. The molecule has 3 rings (SSSR count). The molecule has 1 fully saturated rings. The summed E-state index contributed by atoms with van der Waals surface area (Å²) in [6.45, 7) is 5.56. The van der Waals surface area contributed by atoms with E-state index in [2.05, 4.69) is 18.2 Å². The molecule has 2 aliphatic rings. The average Bonchev–Trinajstić information content (AvgIpc) is 2.67. The molecular formula is C20H30Cl2N2O2. The molecule has 1 heterocycles. The number of nitrogens with one attached hydrogen (secondary N) is 2. The molecule has 1 aromatic rings. The van der Waals surface area contributed by atoms with E-state index in [0.717, 1.165) is 63.3 Å². The van der Waals surface area contributed by atoms with E-state index in [9.17, 15) is 4.79 Å². The number of carbonyl (C=O) groups excluding carboxylic acids is 1. The summed E-state index contributed by atoms with van der Waals surface area (Å²) in [6.07, 6.45) is 7.43. The van der Waals surface area contributed by atoms with Crippen LogP contribution in [0, 0.1) is 0 Å². The molecule has 0 unspecified atom stereocenters. The largest absolute Gasteiger partial charge is 1.00 e. The maximum atomic E-state index is 12.3. The van der Waals surface area contributed by atoms with Gasteiger partial charge in [0, 0.05) is 12.1 Å². The van der Waals surface area contributed by atoms with Crippen LogP contribution in [0.5, 0.6) is 5.75 Å². The summed E-state index contributed by atoms with van der Waals surface area (Å²) in [5.41, 5.74) is 2.45. The Balaban J connectivity index is 0.00000169. The summed E-state index contributed by atoms with van der Waals surface area (Å²) in [7, 11) is 1.70. The van der Waals surface area contributed by atoms with Crippen LogP contribution in [0.4, 0.5) is 5.69 Å². The van der Waals surface area contributed by atoms with Gasteiger partial charge in [-0.3, -0.25) is 9.69 Å². The molecule has 4 nitrogen and oxygen atoms in total. The molecule has 0 spiro atoms. The molecule has 1 aliphatic heterocycles. The number of benzene rings is 1. The van der Waals surface area contributed by atoms with Gasteiger partial charge < -0.3 is 34.5 Å². The Morgan fingerprint density at radius 1 is 1.04 bits per heavy atom. The fourth-order valence-corrected chi connectivity index (χ4v) is 3.81. The van der Waals surface area contributed by atoms with Gasteiger partial charge in [0.15, 0.2) is 5.78 Å². The molecule has 26 heavy (non-hydrogen) atoms. The number of Topliss-reactive ketones (excluding diaryl/α,β-unsaturated/α-hetero) is 1. The van der Waals surface area contributed by atoms with Crippen LogP contribution in [-0.2, 0) is 4.79 Å². The number of piperazine rings is 1. The van der Waals surface area contributed by atoms with E-state index >= 15 is 0 Å². The highest BCUT2D eigenvalue weighted by Gasteiger charge is 2.25. The number of rotatable bonds is 6. The first-order chi connectivity index (χ1) is 11.8. The standard InChI is InChI=1S/C20H28N2O2.2ClH/c1-24-19-9-7-18(8-10-19)22-15-13-21(14-16-22)12-11-20(23)17-5-3-2-4-6-17;;/h5,7-10H,2-4,6,11-16H2,1H3;2*1H. The van der Waals surface area contributed by atoms with Crippen molar-refractivity contribution in [3.8, 4) is 5.75 Å². The molecule has 0 amide bonds. The number of carbonyl (C=O) groups is 1.